The van der Waals surface area contributed by atoms with Crippen LogP contribution in [0, 0.1) is 0 Å². The summed E-state index contributed by atoms with van der Waals surface area (Å²) in [6.45, 7) is 6.80. The molecule has 0 unspecified atom stereocenters. The highest BCUT2D eigenvalue weighted by atomic mass is 32.2. The second kappa shape index (κ2) is 9.22. The van der Waals surface area contributed by atoms with Crippen LogP contribution in [-0.2, 0) is 10.0 Å². The normalized spacial score (nSPS) is 18.9. The van der Waals surface area contributed by atoms with Gasteiger partial charge >= 0.3 is 0 Å². The third-order valence-electron chi connectivity index (χ3n) is 5.52. The Morgan fingerprint density at radius 2 is 1.90 bits per heavy atom. The third kappa shape index (κ3) is 5.34. The number of hydrogen-bond donors (Lipinski definition) is 1. The minimum absolute atomic E-state index is 0.0161. The molecule has 1 heterocycles. The van der Waals surface area contributed by atoms with E-state index in [1.54, 1.807) is 12.1 Å². The van der Waals surface area contributed by atoms with E-state index in [0.717, 1.165) is 32.5 Å². The summed E-state index contributed by atoms with van der Waals surface area (Å²) >= 11 is 0. The summed E-state index contributed by atoms with van der Waals surface area (Å²) in [7, 11) is -3.85. The molecular weight excluding hydrogens is 394 g/mol. The predicted octanol–water partition coefficient (Wildman–Crippen LogP) is 5.06. The van der Waals surface area contributed by atoms with Crippen molar-refractivity contribution in [3.8, 4) is 0 Å². The smallest absolute Gasteiger partial charge is 0.261 e. The highest BCUT2D eigenvalue weighted by Gasteiger charge is 2.24. The van der Waals surface area contributed by atoms with Crippen molar-refractivity contribution in [1.82, 2.24) is 4.90 Å². The molecular formula is C22H28F2N2O2S. The molecule has 2 aromatic carbocycles. The van der Waals surface area contributed by atoms with E-state index in [4.69, 9.17) is 0 Å². The third-order valence-corrected chi connectivity index (χ3v) is 6.90. The average Bonchev–Trinajstić information content (AvgIpc) is 3.16. The lowest BCUT2D eigenvalue weighted by molar-refractivity contribution is 0.121. The van der Waals surface area contributed by atoms with E-state index >= 15 is 0 Å². The predicted molar refractivity (Wildman–Crippen MR) is 112 cm³/mol. The Hall–Kier alpha value is -1.99. The first-order valence-electron chi connectivity index (χ1n) is 10.0. The molecule has 3 rings (SSSR count). The molecule has 0 amide bonds. The van der Waals surface area contributed by atoms with Crippen LogP contribution in [0.1, 0.15) is 49.7 Å². The largest absolute Gasteiger partial charge is 0.303 e. The highest BCUT2D eigenvalue weighted by Crippen LogP contribution is 2.29. The van der Waals surface area contributed by atoms with Gasteiger partial charge in [0, 0.05) is 18.2 Å². The van der Waals surface area contributed by atoms with Gasteiger partial charge in [0.1, 0.15) is 0 Å². The van der Waals surface area contributed by atoms with Crippen molar-refractivity contribution in [3.05, 3.63) is 59.7 Å². The molecule has 1 saturated heterocycles. The topological polar surface area (TPSA) is 49.4 Å². The van der Waals surface area contributed by atoms with E-state index in [9.17, 15) is 17.2 Å². The summed E-state index contributed by atoms with van der Waals surface area (Å²) in [4.78, 5) is 2.44. The van der Waals surface area contributed by atoms with Crippen molar-refractivity contribution in [2.45, 2.75) is 49.8 Å². The second-order valence-corrected chi connectivity index (χ2v) is 9.39. The summed E-state index contributed by atoms with van der Waals surface area (Å²) in [6.07, 6.45) is -0.289. The number of rotatable bonds is 8. The summed E-state index contributed by atoms with van der Waals surface area (Å²) in [5.41, 5.74) is 1.97. The molecule has 0 spiro atoms. The van der Waals surface area contributed by atoms with Crippen molar-refractivity contribution >= 4 is 15.7 Å². The van der Waals surface area contributed by atoms with E-state index in [1.165, 1.54) is 36.8 Å². The molecule has 0 bridgehead atoms. The first-order valence-corrected chi connectivity index (χ1v) is 11.5. The standard InChI is InChI=1S/C22H28F2N2O2S/c1-3-12-26-13-11-19(15-26)17-7-9-20(10-8-17)25-29(27,28)21-6-4-5-18(14-21)16(2)22(23)24/h4-10,14,16,19,22,25H,3,11-13,15H2,1-2H3/t16-,19+/m0/s1. The maximum Gasteiger partial charge on any atom is 0.261 e. The molecule has 1 fully saturated rings. The Labute approximate surface area is 172 Å². The first kappa shape index (κ1) is 21.7. The molecule has 2 atom stereocenters. The van der Waals surface area contributed by atoms with Crippen LogP contribution in [0.15, 0.2) is 53.4 Å². The van der Waals surface area contributed by atoms with Crippen LogP contribution in [0.25, 0.3) is 0 Å². The Balaban J connectivity index is 1.70. The Bertz CT molecular complexity index is 917. The minimum atomic E-state index is -3.85. The van der Waals surface area contributed by atoms with Crippen LogP contribution in [0.3, 0.4) is 0 Å². The van der Waals surface area contributed by atoms with E-state index in [-0.39, 0.29) is 4.90 Å². The zero-order valence-corrected chi connectivity index (χ0v) is 17.6. The monoisotopic (exact) mass is 422 g/mol. The minimum Gasteiger partial charge on any atom is -0.303 e. The molecule has 7 heteroatoms. The van der Waals surface area contributed by atoms with Crippen molar-refractivity contribution in [1.29, 1.82) is 0 Å². The SMILES string of the molecule is CCCN1CC[C@@H](c2ccc(NS(=O)(=O)c3cccc([C@H](C)C(F)F)c3)cc2)C1. The molecule has 0 aromatic heterocycles. The van der Waals surface area contributed by atoms with Crippen molar-refractivity contribution in [2.24, 2.45) is 0 Å². The molecule has 158 valence electrons. The van der Waals surface area contributed by atoms with Crippen LogP contribution < -0.4 is 4.72 Å². The number of hydrogen-bond acceptors (Lipinski definition) is 3. The van der Waals surface area contributed by atoms with E-state index in [1.807, 2.05) is 12.1 Å². The molecule has 2 aromatic rings. The molecule has 1 aliphatic heterocycles. The summed E-state index contributed by atoms with van der Waals surface area (Å²) < 4.78 is 53.9. The van der Waals surface area contributed by atoms with Gasteiger partial charge in [-0.15, -0.1) is 0 Å². The fourth-order valence-electron chi connectivity index (χ4n) is 3.77. The van der Waals surface area contributed by atoms with Gasteiger partial charge in [-0.1, -0.05) is 38.1 Å². The van der Waals surface area contributed by atoms with Gasteiger partial charge < -0.3 is 4.90 Å². The zero-order chi connectivity index (χ0) is 21.0. The summed E-state index contributed by atoms with van der Waals surface area (Å²) in [6, 6.07) is 13.2. The molecule has 29 heavy (non-hydrogen) atoms. The van der Waals surface area contributed by atoms with Crippen molar-refractivity contribution in [2.75, 3.05) is 24.4 Å². The van der Waals surface area contributed by atoms with E-state index in [0.29, 0.717) is 17.2 Å². The molecule has 4 nitrogen and oxygen atoms in total. The van der Waals surface area contributed by atoms with Crippen LogP contribution in [-0.4, -0.2) is 39.4 Å². The molecule has 0 aliphatic carbocycles. The van der Waals surface area contributed by atoms with Gasteiger partial charge in [0.25, 0.3) is 10.0 Å². The summed E-state index contributed by atoms with van der Waals surface area (Å²) in [5, 5.41) is 0. The lowest BCUT2D eigenvalue weighted by Crippen LogP contribution is -2.20. The lowest BCUT2D eigenvalue weighted by Gasteiger charge is -2.16. The zero-order valence-electron chi connectivity index (χ0n) is 16.8. The molecule has 0 radical (unpaired) electrons. The van der Waals surface area contributed by atoms with Gasteiger partial charge in [-0.05, 0) is 67.2 Å². The van der Waals surface area contributed by atoms with Gasteiger partial charge in [-0.2, -0.15) is 0 Å². The van der Waals surface area contributed by atoms with Gasteiger partial charge in [-0.25, -0.2) is 17.2 Å². The van der Waals surface area contributed by atoms with Crippen molar-refractivity contribution in [3.63, 3.8) is 0 Å². The molecule has 0 saturated carbocycles. The first-order chi connectivity index (χ1) is 13.8. The number of nitrogens with one attached hydrogen (secondary N) is 1. The van der Waals surface area contributed by atoms with Crippen LogP contribution in [0.2, 0.25) is 0 Å². The number of likely N-dealkylation sites (tertiary alicyclic amines) is 1. The van der Waals surface area contributed by atoms with E-state index < -0.39 is 22.4 Å². The number of alkyl halides is 2. The average molecular weight is 423 g/mol. The Morgan fingerprint density at radius 3 is 2.55 bits per heavy atom. The maximum absolute atomic E-state index is 13.0. The van der Waals surface area contributed by atoms with Crippen LogP contribution in [0.4, 0.5) is 14.5 Å². The van der Waals surface area contributed by atoms with Gasteiger partial charge in [-0.3, -0.25) is 4.72 Å². The van der Waals surface area contributed by atoms with E-state index in [2.05, 4.69) is 16.5 Å². The van der Waals surface area contributed by atoms with Gasteiger partial charge in [0.15, 0.2) is 0 Å². The van der Waals surface area contributed by atoms with Gasteiger partial charge in [0.2, 0.25) is 6.43 Å². The fraction of sp³-hybridized carbons (Fsp3) is 0.455. The fourth-order valence-corrected chi connectivity index (χ4v) is 4.89. The Kier molecular flexibility index (Phi) is 6.90. The van der Waals surface area contributed by atoms with Crippen LogP contribution >= 0.6 is 0 Å². The number of anilines is 1. The Morgan fingerprint density at radius 1 is 1.17 bits per heavy atom. The lowest BCUT2D eigenvalue weighted by atomic mass is 9.98. The summed E-state index contributed by atoms with van der Waals surface area (Å²) in [5.74, 6) is -0.553. The number of halogens is 2. The van der Waals surface area contributed by atoms with Gasteiger partial charge in [0.05, 0.1) is 4.90 Å². The highest BCUT2D eigenvalue weighted by molar-refractivity contribution is 7.92. The second-order valence-electron chi connectivity index (χ2n) is 7.71. The van der Waals surface area contributed by atoms with Crippen molar-refractivity contribution < 1.29 is 17.2 Å². The molecule has 1 aliphatic rings. The molecule has 1 N–H and O–H groups in total. The number of sulfonamides is 1. The quantitative estimate of drug-likeness (QED) is 0.647. The van der Waals surface area contributed by atoms with Crippen LogP contribution in [0.5, 0.6) is 0 Å². The number of benzene rings is 2. The maximum atomic E-state index is 13.0. The number of nitrogens with zero attached hydrogens (tertiary/aromatic N) is 1.